The molecular weight excluding hydrogens is 395 g/mol. The number of anilines is 1. The molecule has 4 nitrogen and oxygen atoms in total. The molecule has 102 valence electrons. The van der Waals surface area contributed by atoms with Crippen LogP contribution in [0, 0.1) is 6.92 Å². The molecule has 2 aromatic rings. The van der Waals surface area contributed by atoms with Gasteiger partial charge in [-0.2, -0.15) is 0 Å². The van der Waals surface area contributed by atoms with E-state index in [0.29, 0.717) is 9.90 Å². The lowest BCUT2D eigenvalue weighted by Gasteiger charge is -2.08. The number of hydrogen-bond acceptors (Lipinski definition) is 4. The lowest BCUT2D eigenvalue weighted by Crippen LogP contribution is -2.14. The first-order valence-electron chi connectivity index (χ1n) is 4.89. The summed E-state index contributed by atoms with van der Waals surface area (Å²) in [6.07, 6.45) is 1.51. The highest BCUT2D eigenvalue weighted by atomic mass is 79.9. The van der Waals surface area contributed by atoms with Crippen molar-refractivity contribution in [2.45, 2.75) is 11.8 Å². The molecular formula is C10H7BrCl2N2O2S2. The van der Waals surface area contributed by atoms with E-state index in [1.807, 2.05) is 0 Å². The monoisotopic (exact) mass is 400 g/mol. The third-order valence-electron chi connectivity index (χ3n) is 2.19. The number of hydrogen-bond donors (Lipinski definition) is 1. The summed E-state index contributed by atoms with van der Waals surface area (Å²) in [6, 6.07) is 3.07. The van der Waals surface area contributed by atoms with Crippen LogP contribution in [0.3, 0.4) is 0 Å². The van der Waals surface area contributed by atoms with Crippen LogP contribution in [0.2, 0.25) is 8.67 Å². The standard InChI is InChI=1S/C10H7BrCl2N2O2S2/c1-5-2-6(11)4-14-10(5)15-19(16,17)7-3-8(12)18-9(7)13/h2-4H,1H3,(H,14,15). The first kappa shape index (κ1) is 15.1. The van der Waals surface area contributed by atoms with Gasteiger partial charge in [0.2, 0.25) is 0 Å². The molecule has 0 atom stereocenters. The minimum absolute atomic E-state index is 0.0479. The zero-order chi connectivity index (χ0) is 14.2. The van der Waals surface area contributed by atoms with E-state index < -0.39 is 10.0 Å². The Hall–Kier alpha value is -0.340. The van der Waals surface area contributed by atoms with E-state index >= 15 is 0 Å². The fourth-order valence-electron chi connectivity index (χ4n) is 1.34. The minimum Gasteiger partial charge on any atom is -0.263 e. The summed E-state index contributed by atoms with van der Waals surface area (Å²) in [4.78, 5) is 3.97. The van der Waals surface area contributed by atoms with Crippen LogP contribution >= 0.6 is 50.5 Å². The molecule has 0 aliphatic heterocycles. The van der Waals surface area contributed by atoms with E-state index in [1.54, 1.807) is 13.0 Å². The fourth-order valence-corrected chi connectivity index (χ4v) is 5.01. The van der Waals surface area contributed by atoms with Crippen LogP contribution < -0.4 is 4.72 Å². The Morgan fingerprint density at radius 3 is 2.58 bits per heavy atom. The lowest BCUT2D eigenvalue weighted by atomic mass is 10.3. The number of thiophene rings is 1. The summed E-state index contributed by atoms with van der Waals surface area (Å²) >= 11 is 15.9. The van der Waals surface area contributed by atoms with Crippen molar-refractivity contribution in [3.63, 3.8) is 0 Å². The summed E-state index contributed by atoms with van der Waals surface area (Å²) in [6.45, 7) is 1.75. The number of aryl methyl sites for hydroxylation is 1. The molecule has 0 aromatic carbocycles. The Morgan fingerprint density at radius 1 is 1.37 bits per heavy atom. The quantitative estimate of drug-likeness (QED) is 0.832. The predicted molar refractivity (Wildman–Crippen MR) is 81.8 cm³/mol. The van der Waals surface area contributed by atoms with E-state index in [2.05, 4.69) is 25.6 Å². The molecule has 2 aromatic heterocycles. The molecule has 0 unspecified atom stereocenters. The number of aromatic nitrogens is 1. The van der Waals surface area contributed by atoms with Crippen LogP contribution in [0.25, 0.3) is 0 Å². The molecule has 0 bridgehead atoms. The smallest absolute Gasteiger partial charge is 0.263 e. The van der Waals surface area contributed by atoms with Gasteiger partial charge in [0.15, 0.2) is 0 Å². The van der Waals surface area contributed by atoms with E-state index in [-0.39, 0.29) is 15.0 Å². The van der Waals surface area contributed by atoms with Crippen LogP contribution in [0.1, 0.15) is 5.56 Å². The third kappa shape index (κ3) is 3.41. The molecule has 1 N–H and O–H groups in total. The summed E-state index contributed by atoms with van der Waals surface area (Å²) < 4.78 is 27.9. The fraction of sp³-hybridized carbons (Fsp3) is 0.100. The Labute approximate surface area is 132 Å². The average molecular weight is 402 g/mol. The van der Waals surface area contributed by atoms with Gasteiger partial charge in [-0.3, -0.25) is 4.72 Å². The van der Waals surface area contributed by atoms with Crippen molar-refractivity contribution in [2.24, 2.45) is 0 Å². The average Bonchev–Trinajstić information content (AvgIpc) is 2.63. The number of nitrogens with zero attached hydrogens (tertiary/aromatic N) is 1. The predicted octanol–water partition coefficient (Wildman–Crippen LogP) is 4.32. The number of halogens is 3. The van der Waals surface area contributed by atoms with Gasteiger partial charge >= 0.3 is 0 Å². The zero-order valence-corrected chi connectivity index (χ0v) is 14.2. The van der Waals surface area contributed by atoms with Gasteiger partial charge in [0.05, 0.1) is 4.34 Å². The minimum atomic E-state index is -3.79. The van der Waals surface area contributed by atoms with E-state index in [4.69, 9.17) is 23.2 Å². The summed E-state index contributed by atoms with van der Waals surface area (Å²) in [5.41, 5.74) is 0.690. The summed E-state index contributed by atoms with van der Waals surface area (Å²) in [5, 5.41) is 0. The first-order chi connectivity index (χ1) is 8.79. The second kappa shape index (κ2) is 5.57. The second-order valence-electron chi connectivity index (χ2n) is 3.61. The van der Waals surface area contributed by atoms with Crippen LogP contribution in [0.4, 0.5) is 5.82 Å². The van der Waals surface area contributed by atoms with Gasteiger partial charge in [-0.25, -0.2) is 13.4 Å². The van der Waals surface area contributed by atoms with Crippen LogP contribution in [-0.4, -0.2) is 13.4 Å². The maximum absolute atomic E-state index is 12.2. The highest BCUT2D eigenvalue weighted by molar-refractivity contribution is 9.10. The molecule has 0 spiro atoms. The van der Waals surface area contributed by atoms with Crippen molar-refractivity contribution in [3.8, 4) is 0 Å². The highest BCUT2D eigenvalue weighted by Gasteiger charge is 2.22. The van der Waals surface area contributed by atoms with Gasteiger partial charge in [0.1, 0.15) is 15.0 Å². The van der Waals surface area contributed by atoms with Gasteiger partial charge in [-0.05, 0) is 40.5 Å². The number of rotatable bonds is 3. The van der Waals surface area contributed by atoms with Gasteiger partial charge in [-0.1, -0.05) is 23.2 Å². The lowest BCUT2D eigenvalue weighted by molar-refractivity contribution is 0.601. The van der Waals surface area contributed by atoms with Crippen molar-refractivity contribution in [1.82, 2.24) is 4.98 Å². The van der Waals surface area contributed by atoms with Crippen LogP contribution in [0.5, 0.6) is 0 Å². The van der Waals surface area contributed by atoms with Crippen LogP contribution in [-0.2, 0) is 10.0 Å². The molecule has 0 amide bonds. The third-order valence-corrected chi connectivity index (χ3v) is 5.72. The van der Waals surface area contributed by atoms with E-state index in [0.717, 1.165) is 15.8 Å². The Kier molecular flexibility index (Phi) is 4.42. The SMILES string of the molecule is Cc1cc(Br)cnc1NS(=O)(=O)c1cc(Cl)sc1Cl. The first-order valence-corrected chi connectivity index (χ1v) is 8.74. The maximum Gasteiger partial charge on any atom is 0.265 e. The Morgan fingerprint density at radius 2 is 2.05 bits per heavy atom. The molecule has 2 heterocycles. The molecule has 0 radical (unpaired) electrons. The zero-order valence-electron chi connectivity index (χ0n) is 9.45. The van der Waals surface area contributed by atoms with Gasteiger partial charge in [0, 0.05) is 10.7 Å². The Bertz CT molecular complexity index is 731. The molecule has 19 heavy (non-hydrogen) atoms. The van der Waals surface area contributed by atoms with Crippen molar-refractivity contribution in [2.75, 3.05) is 4.72 Å². The molecule has 0 aliphatic rings. The molecule has 0 saturated heterocycles. The number of sulfonamides is 1. The van der Waals surface area contributed by atoms with E-state index in [1.165, 1.54) is 12.3 Å². The molecule has 9 heteroatoms. The molecule has 0 fully saturated rings. The van der Waals surface area contributed by atoms with Crippen molar-refractivity contribution in [3.05, 3.63) is 37.0 Å². The summed E-state index contributed by atoms with van der Waals surface area (Å²) in [5.74, 6) is 0.251. The van der Waals surface area contributed by atoms with Crippen molar-refractivity contribution < 1.29 is 8.42 Å². The number of nitrogens with one attached hydrogen (secondary N) is 1. The molecule has 0 aliphatic carbocycles. The van der Waals surface area contributed by atoms with Gasteiger partial charge < -0.3 is 0 Å². The molecule has 0 saturated carbocycles. The topological polar surface area (TPSA) is 59.1 Å². The van der Waals surface area contributed by atoms with Crippen molar-refractivity contribution >= 4 is 66.3 Å². The second-order valence-corrected chi connectivity index (χ2v) is 8.47. The maximum atomic E-state index is 12.2. The highest BCUT2D eigenvalue weighted by Crippen LogP contribution is 2.35. The van der Waals surface area contributed by atoms with Gasteiger partial charge in [-0.15, -0.1) is 11.3 Å². The Balaban J connectivity index is 2.39. The van der Waals surface area contributed by atoms with Crippen molar-refractivity contribution in [1.29, 1.82) is 0 Å². The van der Waals surface area contributed by atoms with Crippen LogP contribution in [0.15, 0.2) is 27.7 Å². The molecule has 2 rings (SSSR count). The normalized spacial score (nSPS) is 11.6. The van der Waals surface area contributed by atoms with Gasteiger partial charge in [0.25, 0.3) is 10.0 Å². The summed E-state index contributed by atoms with van der Waals surface area (Å²) in [7, 11) is -3.79. The number of pyridine rings is 1. The largest absolute Gasteiger partial charge is 0.265 e. The van der Waals surface area contributed by atoms with E-state index in [9.17, 15) is 8.42 Å².